The van der Waals surface area contributed by atoms with Crippen molar-refractivity contribution in [1.82, 2.24) is 9.97 Å². The summed E-state index contributed by atoms with van der Waals surface area (Å²) in [6.07, 6.45) is 3.31. The van der Waals surface area contributed by atoms with Crippen LogP contribution in [0, 0.1) is 0 Å². The topological polar surface area (TPSA) is 70.3 Å². The van der Waals surface area contributed by atoms with Gasteiger partial charge in [0.05, 0.1) is 25.9 Å². The molecule has 0 aliphatic heterocycles. The van der Waals surface area contributed by atoms with Gasteiger partial charge in [0.2, 0.25) is 5.88 Å². The molecule has 1 aromatic heterocycles. The van der Waals surface area contributed by atoms with E-state index in [2.05, 4.69) is 9.97 Å². The summed E-state index contributed by atoms with van der Waals surface area (Å²) in [4.78, 5) is 8.16. The molecule has 5 nitrogen and oxygen atoms in total. The maximum Gasteiger partial charge on any atom is 0.237 e. The Morgan fingerprint density at radius 3 is 2.60 bits per heavy atom. The second kappa shape index (κ2) is 5.63. The molecule has 0 aliphatic rings. The average Bonchev–Trinajstić information content (AvgIpc) is 2.25. The SMILES string of the molecule is COc1nccnc1C(N)COC(C)C. The Bertz CT molecular complexity index is 304. The molecule has 0 radical (unpaired) electrons. The summed E-state index contributed by atoms with van der Waals surface area (Å²) in [5.74, 6) is 0.456. The van der Waals surface area contributed by atoms with Gasteiger partial charge in [-0.15, -0.1) is 0 Å². The van der Waals surface area contributed by atoms with Crippen LogP contribution in [0.15, 0.2) is 12.4 Å². The van der Waals surface area contributed by atoms with Gasteiger partial charge in [-0.05, 0) is 13.8 Å². The monoisotopic (exact) mass is 211 g/mol. The molecule has 5 heteroatoms. The third kappa shape index (κ3) is 3.45. The number of hydrogen-bond acceptors (Lipinski definition) is 5. The molecular weight excluding hydrogens is 194 g/mol. The van der Waals surface area contributed by atoms with Crippen molar-refractivity contribution >= 4 is 0 Å². The van der Waals surface area contributed by atoms with E-state index in [4.69, 9.17) is 15.2 Å². The molecule has 0 bridgehead atoms. The molecule has 1 rings (SSSR count). The first-order chi connectivity index (χ1) is 7.15. The third-order valence-electron chi connectivity index (χ3n) is 1.84. The van der Waals surface area contributed by atoms with Gasteiger partial charge in [0.1, 0.15) is 5.69 Å². The first-order valence-corrected chi connectivity index (χ1v) is 4.87. The molecule has 1 aromatic rings. The molecule has 84 valence electrons. The summed E-state index contributed by atoms with van der Waals surface area (Å²) in [5, 5.41) is 0. The molecule has 1 heterocycles. The quantitative estimate of drug-likeness (QED) is 0.783. The number of aromatic nitrogens is 2. The number of hydrogen-bond donors (Lipinski definition) is 1. The normalized spacial score (nSPS) is 12.9. The lowest BCUT2D eigenvalue weighted by Crippen LogP contribution is -2.21. The van der Waals surface area contributed by atoms with Gasteiger partial charge in [0, 0.05) is 12.4 Å². The van der Waals surface area contributed by atoms with Crippen LogP contribution >= 0.6 is 0 Å². The van der Waals surface area contributed by atoms with E-state index in [1.165, 1.54) is 0 Å². The molecule has 0 aliphatic carbocycles. The van der Waals surface area contributed by atoms with Gasteiger partial charge >= 0.3 is 0 Å². The van der Waals surface area contributed by atoms with Crippen molar-refractivity contribution in [1.29, 1.82) is 0 Å². The zero-order valence-electron chi connectivity index (χ0n) is 9.30. The van der Waals surface area contributed by atoms with Crippen LogP contribution < -0.4 is 10.5 Å². The van der Waals surface area contributed by atoms with Crippen LogP contribution in [0.5, 0.6) is 5.88 Å². The summed E-state index contributed by atoms with van der Waals surface area (Å²) in [7, 11) is 1.55. The lowest BCUT2D eigenvalue weighted by atomic mass is 10.2. The largest absolute Gasteiger partial charge is 0.480 e. The minimum atomic E-state index is -0.309. The number of rotatable bonds is 5. The Labute approximate surface area is 89.6 Å². The minimum Gasteiger partial charge on any atom is -0.480 e. The van der Waals surface area contributed by atoms with Crippen molar-refractivity contribution in [3.8, 4) is 5.88 Å². The van der Waals surface area contributed by atoms with Crippen LogP contribution in [0.1, 0.15) is 25.6 Å². The summed E-state index contributed by atoms with van der Waals surface area (Å²) in [6, 6.07) is -0.309. The van der Waals surface area contributed by atoms with Crippen LogP contribution in [0.2, 0.25) is 0 Å². The van der Waals surface area contributed by atoms with Gasteiger partial charge in [-0.3, -0.25) is 4.98 Å². The summed E-state index contributed by atoms with van der Waals surface area (Å²) < 4.78 is 10.5. The molecular formula is C10H17N3O2. The second-order valence-corrected chi connectivity index (χ2v) is 3.44. The number of methoxy groups -OCH3 is 1. The molecule has 2 N–H and O–H groups in total. The van der Waals surface area contributed by atoms with Crippen LogP contribution in [0.4, 0.5) is 0 Å². The van der Waals surface area contributed by atoms with Gasteiger partial charge in [0.15, 0.2) is 0 Å². The number of nitrogens with two attached hydrogens (primary N) is 1. The smallest absolute Gasteiger partial charge is 0.237 e. The first-order valence-electron chi connectivity index (χ1n) is 4.87. The Balaban J connectivity index is 2.68. The highest BCUT2D eigenvalue weighted by atomic mass is 16.5. The minimum absolute atomic E-state index is 0.152. The summed E-state index contributed by atoms with van der Waals surface area (Å²) >= 11 is 0. The van der Waals surface area contributed by atoms with E-state index in [1.807, 2.05) is 13.8 Å². The summed E-state index contributed by atoms with van der Waals surface area (Å²) in [6.45, 7) is 4.33. The summed E-state index contributed by atoms with van der Waals surface area (Å²) in [5.41, 5.74) is 6.54. The van der Waals surface area contributed by atoms with Gasteiger partial charge in [-0.1, -0.05) is 0 Å². The molecule has 0 saturated carbocycles. The number of ether oxygens (including phenoxy) is 2. The van der Waals surface area contributed by atoms with E-state index in [9.17, 15) is 0 Å². The van der Waals surface area contributed by atoms with Crippen LogP contribution in [-0.2, 0) is 4.74 Å². The van der Waals surface area contributed by atoms with Gasteiger partial charge in [-0.25, -0.2) is 4.98 Å². The predicted molar refractivity (Wildman–Crippen MR) is 56.6 cm³/mol. The highest BCUT2D eigenvalue weighted by molar-refractivity contribution is 5.20. The zero-order valence-corrected chi connectivity index (χ0v) is 9.30. The lowest BCUT2D eigenvalue weighted by Gasteiger charge is -2.15. The second-order valence-electron chi connectivity index (χ2n) is 3.44. The van der Waals surface area contributed by atoms with E-state index in [0.717, 1.165) is 0 Å². The van der Waals surface area contributed by atoms with Crippen molar-refractivity contribution in [3.63, 3.8) is 0 Å². The fourth-order valence-corrected chi connectivity index (χ4v) is 1.12. The molecule has 15 heavy (non-hydrogen) atoms. The van der Waals surface area contributed by atoms with E-state index in [1.54, 1.807) is 19.5 Å². The van der Waals surface area contributed by atoms with Gasteiger partial charge in [0.25, 0.3) is 0 Å². The van der Waals surface area contributed by atoms with E-state index < -0.39 is 0 Å². The third-order valence-corrected chi connectivity index (χ3v) is 1.84. The molecule has 0 spiro atoms. The first kappa shape index (κ1) is 11.9. The molecule has 1 atom stereocenters. The molecule has 0 saturated heterocycles. The molecule has 0 amide bonds. The standard InChI is InChI=1S/C10H17N3O2/c1-7(2)15-6-8(11)9-10(14-3)13-5-4-12-9/h4-5,7-8H,6,11H2,1-3H3. The molecule has 1 unspecified atom stereocenters. The Kier molecular flexibility index (Phi) is 4.45. The van der Waals surface area contributed by atoms with Crippen molar-refractivity contribution in [3.05, 3.63) is 18.1 Å². The molecule has 0 fully saturated rings. The fraction of sp³-hybridized carbons (Fsp3) is 0.600. The average molecular weight is 211 g/mol. The Hall–Kier alpha value is -1.20. The highest BCUT2D eigenvalue weighted by Crippen LogP contribution is 2.17. The van der Waals surface area contributed by atoms with Crippen molar-refractivity contribution < 1.29 is 9.47 Å². The van der Waals surface area contributed by atoms with Gasteiger partial charge < -0.3 is 15.2 Å². The van der Waals surface area contributed by atoms with Crippen molar-refractivity contribution in [2.45, 2.75) is 26.0 Å². The highest BCUT2D eigenvalue weighted by Gasteiger charge is 2.14. The number of nitrogens with zero attached hydrogens (tertiary/aromatic N) is 2. The fourth-order valence-electron chi connectivity index (χ4n) is 1.12. The van der Waals surface area contributed by atoms with Crippen LogP contribution in [-0.4, -0.2) is 29.8 Å². The van der Waals surface area contributed by atoms with E-state index >= 15 is 0 Å². The van der Waals surface area contributed by atoms with Crippen molar-refractivity contribution in [2.75, 3.05) is 13.7 Å². The maximum atomic E-state index is 5.91. The lowest BCUT2D eigenvalue weighted by molar-refractivity contribution is 0.0670. The van der Waals surface area contributed by atoms with Crippen LogP contribution in [0.25, 0.3) is 0 Å². The van der Waals surface area contributed by atoms with E-state index in [-0.39, 0.29) is 12.1 Å². The molecule has 0 aromatic carbocycles. The predicted octanol–water partition coefficient (Wildman–Crippen LogP) is 0.910. The van der Waals surface area contributed by atoms with Gasteiger partial charge in [-0.2, -0.15) is 0 Å². The maximum absolute atomic E-state index is 5.91. The van der Waals surface area contributed by atoms with Crippen molar-refractivity contribution in [2.24, 2.45) is 5.73 Å². The Morgan fingerprint density at radius 2 is 2.00 bits per heavy atom. The van der Waals surface area contributed by atoms with Crippen LogP contribution in [0.3, 0.4) is 0 Å². The Morgan fingerprint density at radius 1 is 1.33 bits per heavy atom. The van der Waals surface area contributed by atoms with E-state index in [0.29, 0.717) is 18.2 Å². The zero-order chi connectivity index (χ0) is 11.3.